The van der Waals surface area contributed by atoms with Gasteiger partial charge in [-0.2, -0.15) is 5.26 Å². The molecule has 0 saturated carbocycles. The summed E-state index contributed by atoms with van der Waals surface area (Å²) < 4.78 is 2.01. The molecule has 0 aliphatic rings. The van der Waals surface area contributed by atoms with Gasteiger partial charge in [0.25, 0.3) is 0 Å². The Labute approximate surface area is 156 Å². The SMILES string of the molecule is Cc1cc(-c2ccc(C#N)cc2)c(CO)n1Cc1cnc(Cl)c(CO)c1. The van der Waals surface area contributed by atoms with Gasteiger partial charge in [0.05, 0.1) is 30.5 Å². The number of aliphatic hydroxyl groups is 2. The molecule has 0 saturated heterocycles. The van der Waals surface area contributed by atoms with Gasteiger partial charge in [0.15, 0.2) is 0 Å². The van der Waals surface area contributed by atoms with E-state index in [2.05, 4.69) is 11.1 Å². The molecule has 2 N–H and O–H groups in total. The molecule has 2 heterocycles. The number of hydrogen-bond donors (Lipinski definition) is 2. The quantitative estimate of drug-likeness (QED) is 0.677. The lowest BCUT2D eigenvalue weighted by Gasteiger charge is -2.13. The first-order chi connectivity index (χ1) is 12.6. The summed E-state index contributed by atoms with van der Waals surface area (Å²) in [5.41, 5.74) is 5.71. The third-order valence-electron chi connectivity index (χ3n) is 4.37. The van der Waals surface area contributed by atoms with Gasteiger partial charge in [0, 0.05) is 29.6 Å². The van der Waals surface area contributed by atoms with Crippen molar-refractivity contribution in [2.24, 2.45) is 0 Å². The fourth-order valence-corrected chi connectivity index (χ4v) is 3.18. The van der Waals surface area contributed by atoms with Crippen LogP contribution in [0.1, 0.15) is 28.1 Å². The summed E-state index contributed by atoms with van der Waals surface area (Å²) in [5.74, 6) is 0. The van der Waals surface area contributed by atoms with Gasteiger partial charge in [-0.3, -0.25) is 0 Å². The lowest BCUT2D eigenvalue weighted by Crippen LogP contribution is -2.08. The van der Waals surface area contributed by atoms with Crippen molar-refractivity contribution in [3.05, 3.63) is 75.8 Å². The molecule has 0 bridgehead atoms. The summed E-state index contributed by atoms with van der Waals surface area (Å²) in [4.78, 5) is 4.11. The summed E-state index contributed by atoms with van der Waals surface area (Å²) in [6.45, 7) is 2.20. The van der Waals surface area contributed by atoms with Crippen LogP contribution in [0, 0.1) is 18.3 Å². The van der Waals surface area contributed by atoms with Crippen LogP contribution in [-0.4, -0.2) is 19.8 Å². The zero-order chi connectivity index (χ0) is 18.7. The number of benzene rings is 1. The first-order valence-corrected chi connectivity index (χ1v) is 8.49. The number of hydrogen-bond acceptors (Lipinski definition) is 4. The second-order valence-corrected chi connectivity index (χ2v) is 6.39. The average molecular weight is 368 g/mol. The Kier molecular flexibility index (Phi) is 5.38. The second kappa shape index (κ2) is 7.71. The summed E-state index contributed by atoms with van der Waals surface area (Å²) in [5, 5.41) is 28.6. The number of nitriles is 1. The van der Waals surface area contributed by atoms with Crippen molar-refractivity contribution in [3.8, 4) is 17.2 Å². The highest BCUT2D eigenvalue weighted by Crippen LogP contribution is 2.29. The molecule has 0 atom stereocenters. The van der Waals surface area contributed by atoms with Crippen LogP contribution in [0.3, 0.4) is 0 Å². The molecule has 2 aromatic heterocycles. The lowest BCUT2D eigenvalue weighted by atomic mass is 10.0. The van der Waals surface area contributed by atoms with E-state index < -0.39 is 0 Å². The Balaban J connectivity index is 2.00. The van der Waals surface area contributed by atoms with Gasteiger partial charge in [-0.1, -0.05) is 23.7 Å². The highest BCUT2D eigenvalue weighted by Gasteiger charge is 2.15. The van der Waals surface area contributed by atoms with Crippen molar-refractivity contribution in [2.45, 2.75) is 26.7 Å². The van der Waals surface area contributed by atoms with E-state index in [9.17, 15) is 10.2 Å². The van der Waals surface area contributed by atoms with Crippen molar-refractivity contribution in [1.29, 1.82) is 5.26 Å². The lowest BCUT2D eigenvalue weighted by molar-refractivity contribution is 0.271. The van der Waals surface area contributed by atoms with Crippen molar-refractivity contribution in [1.82, 2.24) is 9.55 Å². The third kappa shape index (κ3) is 3.49. The van der Waals surface area contributed by atoms with Crippen molar-refractivity contribution >= 4 is 11.6 Å². The first kappa shape index (κ1) is 18.2. The fourth-order valence-electron chi connectivity index (χ4n) is 3.02. The predicted octanol–water partition coefficient (Wildman–Crippen LogP) is 3.42. The molecule has 0 spiro atoms. The maximum Gasteiger partial charge on any atom is 0.134 e. The van der Waals surface area contributed by atoms with E-state index in [0.29, 0.717) is 22.8 Å². The number of rotatable bonds is 5. The molecule has 0 radical (unpaired) electrons. The molecule has 132 valence electrons. The van der Waals surface area contributed by atoms with E-state index in [1.807, 2.05) is 35.8 Å². The van der Waals surface area contributed by atoms with Gasteiger partial charge < -0.3 is 14.8 Å². The number of pyridine rings is 1. The van der Waals surface area contributed by atoms with Crippen LogP contribution >= 0.6 is 11.6 Å². The van der Waals surface area contributed by atoms with Crippen LogP contribution in [0.15, 0.2) is 42.6 Å². The smallest absolute Gasteiger partial charge is 0.134 e. The molecule has 5 nitrogen and oxygen atoms in total. The van der Waals surface area contributed by atoms with Crippen LogP contribution in [-0.2, 0) is 19.8 Å². The molecule has 0 amide bonds. The van der Waals surface area contributed by atoms with E-state index >= 15 is 0 Å². The van der Waals surface area contributed by atoms with E-state index in [0.717, 1.165) is 28.1 Å². The highest BCUT2D eigenvalue weighted by atomic mass is 35.5. The van der Waals surface area contributed by atoms with E-state index in [1.54, 1.807) is 18.3 Å². The molecule has 3 rings (SSSR count). The van der Waals surface area contributed by atoms with Crippen LogP contribution in [0.25, 0.3) is 11.1 Å². The monoisotopic (exact) mass is 367 g/mol. The van der Waals surface area contributed by atoms with Gasteiger partial charge in [-0.15, -0.1) is 0 Å². The maximum absolute atomic E-state index is 9.95. The van der Waals surface area contributed by atoms with Gasteiger partial charge in [-0.05, 0) is 42.3 Å². The Bertz CT molecular complexity index is 972. The average Bonchev–Trinajstić information content (AvgIpc) is 2.98. The van der Waals surface area contributed by atoms with Crippen molar-refractivity contribution < 1.29 is 10.2 Å². The minimum Gasteiger partial charge on any atom is -0.392 e. The molecule has 26 heavy (non-hydrogen) atoms. The van der Waals surface area contributed by atoms with E-state index in [1.165, 1.54) is 0 Å². The minimum atomic E-state index is -0.173. The van der Waals surface area contributed by atoms with Crippen LogP contribution in [0.4, 0.5) is 0 Å². The van der Waals surface area contributed by atoms with Gasteiger partial charge in [-0.25, -0.2) is 4.98 Å². The normalized spacial score (nSPS) is 10.7. The number of aliphatic hydroxyl groups excluding tert-OH is 2. The van der Waals surface area contributed by atoms with Gasteiger partial charge in [0.2, 0.25) is 0 Å². The zero-order valence-corrected chi connectivity index (χ0v) is 15.0. The molecular weight excluding hydrogens is 350 g/mol. The standard InChI is InChI=1S/C20H18ClN3O2/c1-13-6-18(16-4-2-14(8-22)3-5-16)19(12-26)24(13)10-15-7-17(11-25)20(21)23-9-15/h2-7,9,25-26H,10-12H2,1H3. The molecule has 6 heteroatoms. The van der Waals surface area contributed by atoms with Crippen LogP contribution < -0.4 is 0 Å². The van der Waals surface area contributed by atoms with E-state index in [4.69, 9.17) is 16.9 Å². The number of nitrogens with zero attached hydrogens (tertiary/aromatic N) is 3. The maximum atomic E-state index is 9.95. The Morgan fingerprint density at radius 2 is 1.88 bits per heavy atom. The predicted molar refractivity (Wildman–Crippen MR) is 99.5 cm³/mol. The van der Waals surface area contributed by atoms with Crippen molar-refractivity contribution in [2.75, 3.05) is 0 Å². The summed E-state index contributed by atoms with van der Waals surface area (Å²) in [6.07, 6.45) is 1.67. The first-order valence-electron chi connectivity index (χ1n) is 8.12. The fraction of sp³-hybridized carbons (Fsp3) is 0.200. The zero-order valence-electron chi connectivity index (χ0n) is 14.3. The minimum absolute atomic E-state index is 0.114. The van der Waals surface area contributed by atoms with Gasteiger partial charge in [0.1, 0.15) is 5.15 Å². The molecule has 3 aromatic rings. The summed E-state index contributed by atoms with van der Waals surface area (Å²) in [7, 11) is 0. The Morgan fingerprint density at radius 1 is 1.15 bits per heavy atom. The second-order valence-electron chi connectivity index (χ2n) is 6.03. The molecule has 1 aromatic carbocycles. The molecule has 0 unspecified atom stereocenters. The molecule has 0 aliphatic heterocycles. The Hall–Kier alpha value is -2.65. The summed E-state index contributed by atoms with van der Waals surface area (Å²) in [6, 6.07) is 13.2. The summed E-state index contributed by atoms with van der Waals surface area (Å²) >= 11 is 5.96. The number of aryl methyl sites for hydroxylation is 1. The van der Waals surface area contributed by atoms with Gasteiger partial charge >= 0.3 is 0 Å². The van der Waals surface area contributed by atoms with Crippen molar-refractivity contribution in [3.63, 3.8) is 0 Å². The molecule has 0 aliphatic carbocycles. The molecule has 0 fully saturated rings. The van der Waals surface area contributed by atoms with Crippen LogP contribution in [0.5, 0.6) is 0 Å². The largest absolute Gasteiger partial charge is 0.392 e. The van der Waals surface area contributed by atoms with Crippen LogP contribution in [0.2, 0.25) is 5.15 Å². The topological polar surface area (TPSA) is 82.1 Å². The number of aromatic nitrogens is 2. The Morgan fingerprint density at radius 3 is 2.50 bits per heavy atom. The molecular formula is C20H18ClN3O2. The number of halogens is 1. The third-order valence-corrected chi connectivity index (χ3v) is 4.71. The van der Waals surface area contributed by atoms with E-state index in [-0.39, 0.29) is 13.2 Å². The highest BCUT2D eigenvalue weighted by molar-refractivity contribution is 6.30.